The molecule has 3 rings (SSSR count). The van der Waals surface area contributed by atoms with Gasteiger partial charge in [0, 0.05) is 18.1 Å². The molecule has 0 aliphatic heterocycles. The summed E-state index contributed by atoms with van der Waals surface area (Å²) >= 11 is 0. The SMILES string of the molecule is COc1ccc(CCNc2cccc3cccnc23)cc1. The number of fused-ring (bicyclic) bond motifs is 1. The zero-order valence-corrected chi connectivity index (χ0v) is 12.0. The second kappa shape index (κ2) is 6.27. The van der Waals surface area contributed by atoms with Crippen LogP contribution in [0, 0.1) is 0 Å². The maximum atomic E-state index is 5.17. The average molecular weight is 278 g/mol. The first kappa shape index (κ1) is 13.4. The number of hydrogen-bond donors (Lipinski definition) is 1. The van der Waals surface area contributed by atoms with Crippen LogP contribution >= 0.6 is 0 Å². The molecule has 0 saturated carbocycles. The van der Waals surface area contributed by atoms with E-state index in [9.17, 15) is 0 Å². The van der Waals surface area contributed by atoms with E-state index < -0.39 is 0 Å². The lowest BCUT2D eigenvalue weighted by atomic mass is 10.1. The molecule has 2 aromatic carbocycles. The molecule has 1 aromatic heterocycles. The molecule has 0 bridgehead atoms. The van der Waals surface area contributed by atoms with Crippen molar-refractivity contribution in [3.05, 3.63) is 66.4 Å². The lowest BCUT2D eigenvalue weighted by Gasteiger charge is -2.09. The zero-order chi connectivity index (χ0) is 14.5. The number of nitrogens with one attached hydrogen (secondary N) is 1. The van der Waals surface area contributed by atoms with Crippen molar-refractivity contribution in [2.75, 3.05) is 19.0 Å². The molecule has 0 radical (unpaired) electrons. The molecule has 21 heavy (non-hydrogen) atoms. The molecular formula is C18H18N2O. The van der Waals surface area contributed by atoms with Gasteiger partial charge in [-0.05, 0) is 36.2 Å². The van der Waals surface area contributed by atoms with Crippen LogP contribution in [0.4, 0.5) is 5.69 Å². The summed E-state index contributed by atoms with van der Waals surface area (Å²) in [6, 6.07) is 18.4. The van der Waals surface area contributed by atoms with Crippen LogP contribution in [0.15, 0.2) is 60.8 Å². The van der Waals surface area contributed by atoms with Gasteiger partial charge in [0.25, 0.3) is 0 Å². The minimum Gasteiger partial charge on any atom is -0.497 e. The number of rotatable bonds is 5. The maximum absolute atomic E-state index is 5.17. The molecule has 3 nitrogen and oxygen atoms in total. The van der Waals surface area contributed by atoms with Crippen LogP contribution in [0.1, 0.15) is 5.56 Å². The van der Waals surface area contributed by atoms with Crippen molar-refractivity contribution in [1.82, 2.24) is 4.98 Å². The first-order valence-corrected chi connectivity index (χ1v) is 7.07. The number of ether oxygens (including phenoxy) is 1. The Morgan fingerprint density at radius 2 is 1.81 bits per heavy atom. The standard InChI is InChI=1S/C18H18N2O/c1-21-16-9-7-14(8-10-16)11-13-19-17-6-2-4-15-5-3-12-20-18(15)17/h2-10,12,19H,11,13H2,1H3. The van der Waals surface area contributed by atoms with Crippen molar-refractivity contribution in [3.8, 4) is 5.75 Å². The number of para-hydroxylation sites is 1. The van der Waals surface area contributed by atoms with Gasteiger partial charge in [-0.25, -0.2) is 0 Å². The van der Waals surface area contributed by atoms with Crippen LogP contribution in [-0.2, 0) is 6.42 Å². The normalized spacial score (nSPS) is 10.5. The highest BCUT2D eigenvalue weighted by molar-refractivity contribution is 5.90. The maximum Gasteiger partial charge on any atom is 0.118 e. The Balaban J connectivity index is 1.66. The van der Waals surface area contributed by atoms with E-state index in [4.69, 9.17) is 4.74 Å². The van der Waals surface area contributed by atoms with E-state index in [0.29, 0.717) is 0 Å². The number of hydrogen-bond acceptors (Lipinski definition) is 3. The number of benzene rings is 2. The number of nitrogens with zero attached hydrogens (tertiary/aromatic N) is 1. The largest absolute Gasteiger partial charge is 0.497 e. The molecule has 0 aliphatic carbocycles. The molecular weight excluding hydrogens is 260 g/mol. The Morgan fingerprint density at radius 3 is 2.62 bits per heavy atom. The number of aromatic nitrogens is 1. The fraction of sp³-hybridized carbons (Fsp3) is 0.167. The van der Waals surface area contributed by atoms with E-state index in [1.165, 1.54) is 5.56 Å². The van der Waals surface area contributed by atoms with Gasteiger partial charge in [-0.2, -0.15) is 0 Å². The van der Waals surface area contributed by atoms with Gasteiger partial charge in [0.1, 0.15) is 5.75 Å². The Kier molecular flexibility index (Phi) is 4.01. The fourth-order valence-electron chi connectivity index (χ4n) is 2.38. The van der Waals surface area contributed by atoms with Crippen LogP contribution in [-0.4, -0.2) is 18.6 Å². The highest BCUT2D eigenvalue weighted by atomic mass is 16.5. The first-order valence-electron chi connectivity index (χ1n) is 7.07. The van der Waals surface area contributed by atoms with Crippen LogP contribution in [0.3, 0.4) is 0 Å². The third-order valence-electron chi connectivity index (χ3n) is 3.52. The molecule has 0 fully saturated rings. The van der Waals surface area contributed by atoms with E-state index in [1.807, 2.05) is 24.4 Å². The van der Waals surface area contributed by atoms with Gasteiger partial charge in [0.05, 0.1) is 18.3 Å². The summed E-state index contributed by atoms with van der Waals surface area (Å²) in [5.74, 6) is 0.893. The van der Waals surface area contributed by atoms with Crippen LogP contribution in [0.2, 0.25) is 0 Å². The quantitative estimate of drug-likeness (QED) is 0.768. The topological polar surface area (TPSA) is 34.1 Å². The number of anilines is 1. The third-order valence-corrected chi connectivity index (χ3v) is 3.52. The minimum atomic E-state index is 0.877. The molecule has 0 unspecified atom stereocenters. The summed E-state index contributed by atoms with van der Waals surface area (Å²) in [6.07, 6.45) is 2.80. The number of pyridine rings is 1. The first-order chi connectivity index (χ1) is 10.4. The highest BCUT2D eigenvalue weighted by Gasteiger charge is 2.01. The molecule has 106 valence electrons. The van der Waals surface area contributed by atoms with Crippen molar-refractivity contribution in [3.63, 3.8) is 0 Å². The summed E-state index contributed by atoms with van der Waals surface area (Å²) in [5, 5.41) is 4.63. The second-order valence-corrected chi connectivity index (χ2v) is 4.91. The van der Waals surface area contributed by atoms with E-state index in [-0.39, 0.29) is 0 Å². The van der Waals surface area contributed by atoms with E-state index >= 15 is 0 Å². The Bertz CT molecular complexity index is 717. The summed E-state index contributed by atoms with van der Waals surface area (Å²) in [5.41, 5.74) is 3.40. The molecule has 1 N–H and O–H groups in total. The average Bonchev–Trinajstić information content (AvgIpc) is 2.56. The van der Waals surface area contributed by atoms with Gasteiger partial charge in [0.2, 0.25) is 0 Å². The van der Waals surface area contributed by atoms with Crippen LogP contribution in [0.25, 0.3) is 10.9 Å². The van der Waals surface area contributed by atoms with Crippen molar-refractivity contribution in [2.45, 2.75) is 6.42 Å². The Hall–Kier alpha value is -2.55. The molecule has 0 atom stereocenters. The highest BCUT2D eigenvalue weighted by Crippen LogP contribution is 2.20. The molecule has 3 heteroatoms. The fourth-order valence-corrected chi connectivity index (χ4v) is 2.38. The molecule has 1 heterocycles. The zero-order valence-electron chi connectivity index (χ0n) is 12.0. The lowest BCUT2D eigenvalue weighted by molar-refractivity contribution is 0.414. The third kappa shape index (κ3) is 3.14. The van der Waals surface area contributed by atoms with Crippen molar-refractivity contribution in [2.24, 2.45) is 0 Å². The summed E-state index contributed by atoms with van der Waals surface area (Å²) in [7, 11) is 1.68. The molecule has 0 amide bonds. The van der Waals surface area contributed by atoms with Crippen LogP contribution < -0.4 is 10.1 Å². The monoisotopic (exact) mass is 278 g/mol. The van der Waals surface area contributed by atoms with Gasteiger partial charge < -0.3 is 10.1 Å². The van der Waals surface area contributed by atoms with Crippen molar-refractivity contribution in [1.29, 1.82) is 0 Å². The Morgan fingerprint density at radius 1 is 1.00 bits per heavy atom. The van der Waals surface area contributed by atoms with Crippen molar-refractivity contribution >= 4 is 16.6 Å². The lowest BCUT2D eigenvalue weighted by Crippen LogP contribution is -2.05. The van der Waals surface area contributed by atoms with E-state index in [1.54, 1.807) is 7.11 Å². The van der Waals surface area contributed by atoms with E-state index in [2.05, 4.69) is 46.7 Å². The van der Waals surface area contributed by atoms with Gasteiger partial charge in [-0.3, -0.25) is 4.98 Å². The predicted molar refractivity (Wildman–Crippen MR) is 86.9 cm³/mol. The molecule has 0 saturated heterocycles. The molecule has 0 spiro atoms. The van der Waals surface area contributed by atoms with Gasteiger partial charge >= 0.3 is 0 Å². The van der Waals surface area contributed by atoms with Crippen molar-refractivity contribution < 1.29 is 4.74 Å². The minimum absolute atomic E-state index is 0.877. The molecule has 0 aliphatic rings. The summed E-state index contributed by atoms with van der Waals surface area (Å²) in [4.78, 5) is 4.45. The second-order valence-electron chi connectivity index (χ2n) is 4.91. The van der Waals surface area contributed by atoms with E-state index in [0.717, 1.165) is 35.3 Å². The van der Waals surface area contributed by atoms with Gasteiger partial charge in [0.15, 0.2) is 0 Å². The summed E-state index contributed by atoms with van der Waals surface area (Å²) < 4.78 is 5.17. The summed E-state index contributed by atoms with van der Waals surface area (Å²) in [6.45, 7) is 0.877. The van der Waals surface area contributed by atoms with Crippen LogP contribution in [0.5, 0.6) is 5.75 Å². The smallest absolute Gasteiger partial charge is 0.118 e. The van der Waals surface area contributed by atoms with Gasteiger partial charge in [-0.1, -0.05) is 30.3 Å². The molecule has 3 aromatic rings. The number of methoxy groups -OCH3 is 1. The predicted octanol–water partition coefficient (Wildman–Crippen LogP) is 3.90. The Labute approximate surface area is 124 Å². The van der Waals surface area contributed by atoms with Gasteiger partial charge in [-0.15, -0.1) is 0 Å².